The second-order valence-corrected chi connectivity index (χ2v) is 5.36. The summed E-state index contributed by atoms with van der Waals surface area (Å²) in [4.78, 5) is 13.7. The normalized spacial score (nSPS) is 20.7. The summed E-state index contributed by atoms with van der Waals surface area (Å²) in [5, 5.41) is 0. The van der Waals surface area contributed by atoms with Crippen molar-refractivity contribution in [2.75, 3.05) is 44.0 Å². The van der Waals surface area contributed by atoms with Crippen molar-refractivity contribution in [3.8, 4) is 0 Å². The van der Waals surface area contributed by atoms with E-state index in [1.807, 2.05) is 6.07 Å². The second-order valence-electron chi connectivity index (χ2n) is 5.36. The summed E-state index contributed by atoms with van der Waals surface area (Å²) in [5.74, 6) is -0.768. The molecule has 0 radical (unpaired) electrons. The van der Waals surface area contributed by atoms with Gasteiger partial charge in [0.2, 0.25) is 0 Å². The molecule has 2 N–H and O–H groups in total. The lowest BCUT2D eigenvalue weighted by Gasteiger charge is -2.39. The van der Waals surface area contributed by atoms with Crippen molar-refractivity contribution < 1.29 is 19.0 Å². The van der Waals surface area contributed by atoms with Crippen molar-refractivity contribution in [3.05, 3.63) is 23.8 Å². The van der Waals surface area contributed by atoms with Gasteiger partial charge in [0, 0.05) is 25.9 Å². The Kier molecular flexibility index (Phi) is 3.73. The first-order valence-electron chi connectivity index (χ1n) is 7.14. The van der Waals surface area contributed by atoms with Crippen LogP contribution < -0.4 is 10.6 Å². The fraction of sp³-hybridized carbons (Fsp3) is 0.533. The zero-order valence-corrected chi connectivity index (χ0v) is 12.1. The molecule has 2 aliphatic heterocycles. The molecule has 0 atom stereocenters. The van der Waals surface area contributed by atoms with Gasteiger partial charge in [-0.2, -0.15) is 0 Å². The minimum Gasteiger partial charge on any atom is -0.465 e. The summed E-state index contributed by atoms with van der Waals surface area (Å²) >= 11 is 0. The monoisotopic (exact) mass is 292 g/mol. The number of nitrogen functional groups attached to an aromatic ring is 1. The SMILES string of the molecule is COC(=O)c1ccc(N2CCC3(CC2)OCCO3)c(N)c1. The van der Waals surface area contributed by atoms with Crippen LogP contribution in [0.5, 0.6) is 0 Å². The third kappa shape index (κ3) is 2.69. The molecule has 3 rings (SSSR count). The first-order valence-corrected chi connectivity index (χ1v) is 7.14. The summed E-state index contributed by atoms with van der Waals surface area (Å²) in [6.45, 7) is 3.00. The minimum atomic E-state index is -0.392. The molecule has 6 nitrogen and oxygen atoms in total. The largest absolute Gasteiger partial charge is 0.465 e. The van der Waals surface area contributed by atoms with Crippen molar-refractivity contribution in [3.63, 3.8) is 0 Å². The predicted molar refractivity (Wildman–Crippen MR) is 78.3 cm³/mol. The fourth-order valence-electron chi connectivity index (χ4n) is 2.96. The molecule has 0 bridgehead atoms. The number of nitrogens with two attached hydrogens (primary N) is 1. The molecular weight excluding hydrogens is 272 g/mol. The highest BCUT2D eigenvalue weighted by atomic mass is 16.7. The summed E-state index contributed by atoms with van der Waals surface area (Å²) in [7, 11) is 1.36. The molecule has 0 unspecified atom stereocenters. The lowest BCUT2D eigenvalue weighted by Crippen LogP contribution is -2.45. The third-order valence-electron chi connectivity index (χ3n) is 4.13. The number of carbonyl (C=O) groups excluding carboxylic acids is 1. The molecule has 1 spiro atoms. The Hall–Kier alpha value is -1.79. The number of anilines is 2. The zero-order chi connectivity index (χ0) is 14.9. The number of nitrogens with zero attached hydrogens (tertiary/aromatic N) is 1. The van der Waals surface area contributed by atoms with Crippen molar-refractivity contribution in [2.24, 2.45) is 0 Å². The van der Waals surface area contributed by atoms with Gasteiger partial charge in [0.05, 0.1) is 37.3 Å². The van der Waals surface area contributed by atoms with Crippen LogP contribution in [-0.4, -0.2) is 45.2 Å². The quantitative estimate of drug-likeness (QED) is 0.656. The van der Waals surface area contributed by atoms with Crippen LogP contribution in [0, 0.1) is 0 Å². The summed E-state index contributed by atoms with van der Waals surface area (Å²) < 4.78 is 16.1. The highest BCUT2D eigenvalue weighted by Crippen LogP contribution is 2.35. The van der Waals surface area contributed by atoms with Crippen LogP contribution in [0.15, 0.2) is 18.2 Å². The third-order valence-corrected chi connectivity index (χ3v) is 4.13. The van der Waals surface area contributed by atoms with Crippen LogP contribution in [-0.2, 0) is 14.2 Å². The summed E-state index contributed by atoms with van der Waals surface area (Å²) in [6.07, 6.45) is 1.65. The standard InChI is InChI=1S/C15H20N2O4/c1-19-14(18)11-2-3-13(12(16)10-11)17-6-4-15(5-7-17)20-8-9-21-15/h2-3,10H,4-9,16H2,1H3. The van der Waals surface area contributed by atoms with Gasteiger partial charge in [-0.25, -0.2) is 4.79 Å². The number of hydrogen-bond donors (Lipinski definition) is 1. The van der Waals surface area contributed by atoms with Gasteiger partial charge >= 0.3 is 5.97 Å². The van der Waals surface area contributed by atoms with E-state index >= 15 is 0 Å². The first-order chi connectivity index (χ1) is 10.1. The van der Waals surface area contributed by atoms with E-state index in [1.54, 1.807) is 12.1 Å². The van der Waals surface area contributed by atoms with Crippen molar-refractivity contribution in [1.82, 2.24) is 0 Å². The molecule has 0 saturated carbocycles. The van der Waals surface area contributed by atoms with Gasteiger partial charge in [0.25, 0.3) is 0 Å². The van der Waals surface area contributed by atoms with E-state index in [2.05, 4.69) is 4.90 Å². The van der Waals surface area contributed by atoms with E-state index in [0.717, 1.165) is 31.6 Å². The van der Waals surface area contributed by atoms with Gasteiger partial charge in [-0.05, 0) is 18.2 Å². The van der Waals surface area contributed by atoms with Gasteiger partial charge in [0.1, 0.15) is 0 Å². The van der Waals surface area contributed by atoms with Gasteiger partial charge in [0.15, 0.2) is 5.79 Å². The molecule has 0 aliphatic carbocycles. The topological polar surface area (TPSA) is 74.0 Å². The highest BCUT2D eigenvalue weighted by molar-refractivity contribution is 5.92. The number of ether oxygens (including phenoxy) is 3. The summed E-state index contributed by atoms with van der Waals surface area (Å²) in [6, 6.07) is 5.27. The van der Waals surface area contributed by atoms with Crippen LogP contribution in [0.3, 0.4) is 0 Å². The zero-order valence-electron chi connectivity index (χ0n) is 12.1. The van der Waals surface area contributed by atoms with Crippen LogP contribution in [0.25, 0.3) is 0 Å². The molecule has 1 aromatic rings. The van der Waals surface area contributed by atoms with E-state index in [1.165, 1.54) is 7.11 Å². The maximum absolute atomic E-state index is 11.5. The second kappa shape index (κ2) is 5.54. The van der Waals surface area contributed by atoms with Crippen molar-refractivity contribution >= 4 is 17.3 Å². The lowest BCUT2D eigenvalue weighted by molar-refractivity contribution is -0.169. The van der Waals surface area contributed by atoms with E-state index in [0.29, 0.717) is 24.5 Å². The van der Waals surface area contributed by atoms with Crippen LogP contribution in [0.2, 0.25) is 0 Å². The number of rotatable bonds is 2. The number of benzene rings is 1. The average molecular weight is 292 g/mol. The Morgan fingerprint density at radius 3 is 2.52 bits per heavy atom. The molecule has 114 valence electrons. The number of carbonyl (C=O) groups is 1. The van der Waals surface area contributed by atoms with Gasteiger partial charge in [-0.3, -0.25) is 0 Å². The smallest absolute Gasteiger partial charge is 0.337 e. The maximum Gasteiger partial charge on any atom is 0.337 e. The van der Waals surface area contributed by atoms with Crippen molar-refractivity contribution in [2.45, 2.75) is 18.6 Å². The minimum absolute atomic E-state index is 0.376. The molecule has 2 heterocycles. The van der Waals surface area contributed by atoms with Crippen LogP contribution in [0.4, 0.5) is 11.4 Å². The average Bonchev–Trinajstić information content (AvgIpc) is 2.96. The van der Waals surface area contributed by atoms with E-state index in [9.17, 15) is 4.79 Å². The molecule has 0 amide bonds. The van der Waals surface area contributed by atoms with Crippen LogP contribution >= 0.6 is 0 Å². The maximum atomic E-state index is 11.5. The molecule has 21 heavy (non-hydrogen) atoms. The Morgan fingerprint density at radius 2 is 1.95 bits per heavy atom. The number of hydrogen-bond acceptors (Lipinski definition) is 6. The van der Waals surface area contributed by atoms with Gasteiger partial charge in [-0.15, -0.1) is 0 Å². The van der Waals surface area contributed by atoms with E-state index in [-0.39, 0.29) is 5.97 Å². The molecular formula is C15H20N2O4. The molecule has 6 heteroatoms. The van der Waals surface area contributed by atoms with E-state index in [4.69, 9.17) is 19.9 Å². The van der Waals surface area contributed by atoms with Crippen molar-refractivity contribution in [1.29, 1.82) is 0 Å². The predicted octanol–water partition coefficient (Wildman–Crippen LogP) is 1.40. The van der Waals surface area contributed by atoms with Crippen LogP contribution in [0.1, 0.15) is 23.2 Å². The number of esters is 1. The lowest BCUT2D eigenvalue weighted by atomic mass is 10.0. The van der Waals surface area contributed by atoms with Gasteiger partial charge in [-0.1, -0.05) is 0 Å². The first kappa shape index (κ1) is 14.2. The molecule has 2 saturated heterocycles. The van der Waals surface area contributed by atoms with Gasteiger partial charge < -0.3 is 24.8 Å². The highest BCUT2D eigenvalue weighted by Gasteiger charge is 2.40. The summed E-state index contributed by atoms with van der Waals surface area (Å²) in [5.41, 5.74) is 8.07. The molecule has 1 aromatic carbocycles. The fourth-order valence-corrected chi connectivity index (χ4v) is 2.96. The van der Waals surface area contributed by atoms with E-state index < -0.39 is 5.79 Å². The Bertz CT molecular complexity index is 530. The molecule has 2 aliphatic rings. The Labute approximate surface area is 123 Å². The Morgan fingerprint density at radius 1 is 1.29 bits per heavy atom. The number of methoxy groups -OCH3 is 1. The molecule has 2 fully saturated rings. The number of piperidine rings is 1. The Balaban J connectivity index is 1.72. The molecule has 0 aromatic heterocycles.